The zero-order chi connectivity index (χ0) is 19.1. The molecule has 1 aromatic carbocycles. The molecule has 6 heteroatoms. The van der Waals surface area contributed by atoms with Crippen LogP contribution in [0, 0.1) is 6.92 Å². The number of pyridine rings is 1. The molecule has 0 aliphatic carbocycles. The minimum absolute atomic E-state index is 0.0244. The second kappa shape index (κ2) is 9.25. The molecule has 0 saturated carbocycles. The van der Waals surface area contributed by atoms with E-state index in [0.717, 1.165) is 16.8 Å². The summed E-state index contributed by atoms with van der Waals surface area (Å²) in [6.45, 7) is 6.16. The maximum atomic E-state index is 12.0. The number of nitrogens with zero attached hydrogens (tertiary/aromatic N) is 1. The summed E-state index contributed by atoms with van der Waals surface area (Å²) in [6, 6.07) is 7.33. The molecule has 26 heavy (non-hydrogen) atoms. The summed E-state index contributed by atoms with van der Waals surface area (Å²) in [5, 5.41) is 3.25. The van der Waals surface area contributed by atoms with Crippen LogP contribution >= 0.6 is 11.6 Å². The van der Waals surface area contributed by atoms with Gasteiger partial charge in [0.1, 0.15) is 0 Å². The van der Waals surface area contributed by atoms with Crippen molar-refractivity contribution < 1.29 is 14.3 Å². The van der Waals surface area contributed by atoms with Crippen molar-refractivity contribution in [2.75, 3.05) is 7.11 Å². The summed E-state index contributed by atoms with van der Waals surface area (Å²) in [4.78, 5) is 16.3. The smallest absolute Gasteiger partial charge is 0.244 e. The van der Waals surface area contributed by atoms with Gasteiger partial charge >= 0.3 is 0 Å². The monoisotopic (exact) mass is 374 g/mol. The second-order valence-electron chi connectivity index (χ2n) is 6.02. The van der Waals surface area contributed by atoms with E-state index in [-0.39, 0.29) is 12.0 Å². The number of ether oxygens (including phenoxy) is 2. The van der Waals surface area contributed by atoms with E-state index >= 15 is 0 Å². The Morgan fingerprint density at radius 3 is 2.81 bits per heavy atom. The number of halogens is 1. The van der Waals surface area contributed by atoms with Crippen molar-refractivity contribution in [3.63, 3.8) is 0 Å². The van der Waals surface area contributed by atoms with Crippen molar-refractivity contribution in [1.29, 1.82) is 0 Å². The van der Waals surface area contributed by atoms with Gasteiger partial charge in [0.2, 0.25) is 5.91 Å². The molecular formula is C20H23ClN2O3. The number of aryl methyl sites for hydroxylation is 1. The number of hydrogen-bond acceptors (Lipinski definition) is 4. The lowest BCUT2D eigenvalue weighted by Crippen LogP contribution is -2.21. The minimum Gasteiger partial charge on any atom is -0.493 e. The Morgan fingerprint density at radius 2 is 2.15 bits per heavy atom. The quantitative estimate of drug-likeness (QED) is 0.739. The molecule has 0 aliphatic rings. The number of carbonyl (C=O) groups excluding carboxylic acids is 1. The molecule has 0 unspecified atom stereocenters. The highest BCUT2D eigenvalue weighted by atomic mass is 35.5. The van der Waals surface area contributed by atoms with Crippen LogP contribution in [0.2, 0.25) is 5.02 Å². The van der Waals surface area contributed by atoms with E-state index in [2.05, 4.69) is 10.3 Å². The lowest BCUT2D eigenvalue weighted by atomic mass is 10.1. The number of aromatic nitrogens is 1. The first-order chi connectivity index (χ1) is 12.4. The molecule has 1 heterocycles. The van der Waals surface area contributed by atoms with Gasteiger partial charge < -0.3 is 14.8 Å². The molecule has 0 fully saturated rings. The van der Waals surface area contributed by atoms with Crippen LogP contribution in [0.4, 0.5) is 0 Å². The summed E-state index contributed by atoms with van der Waals surface area (Å²) in [6.07, 6.45) is 4.81. The highest BCUT2D eigenvalue weighted by molar-refractivity contribution is 6.32. The molecule has 0 atom stereocenters. The fourth-order valence-electron chi connectivity index (χ4n) is 2.29. The zero-order valence-corrected chi connectivity index (χ0v) is 16.1. The lowest BCUT2D eigenvalue weighted by molar-refractivity contribution is -0.116. The minimum atomic E-state index is -0.215. The van der Waals surface area contributed by atoms with Crippen molar-refractivity contribution >= 4 is 23.6 Å². The largest absolute Gasteiger partial charge is 0.493 e. The maximum Gasteiger partial charge on any atom is 0.244 e. The summed E-state index contributed by atoms with van der Waals surface area (Å²) in [5.74, 6) is 0.805. The Kier molecular flexibility index (Phi) is 7.04. The summed E-state index contributed by atoms with van der Waals surface area (Å²) in [7, 11) is 1.55. The van der Waals surface area contributed by atoms with Crippen LogP contribution in [0.1, 0.15) is 30.7 Å². The average molecular weight is 375 g/mol. The van der Waals surface area contributed by atoms with E-state index in [1.807, 2.05) is 32.9 Å². The average Bonchev–Trinajstić information content (AvgIpc) is 2.60. The standard InChI is InChI=1S/C20H23ClN2O3/c1-13(2)26-20-16(21)10-15(11-18(20)25-4)7-8-19(24)23-12-17-14(3)6-5-9-22-17/h5-11,13H,12H2,1-4H3,(H,23,24)/b8-7+. The van der Waals surface area contributed by atoms with E-state index in [4.69, 9.17) is 21.1 Å². The molecule has 5 nitrogen and oxygen atoms in total. The normalized spacial score (nSPS) is 11.0. The van der Waals surface area contributed by atoms with Crippen LogP contribution in [0.5, 0.6) is 11.5 Å². The highest BCUT2D eigenvalue weighted by Crippen LogP contribution is 2.37. The van der Waals surface area contributed by atoms with Crippen molar-refractivity contribution in [2.45, 2.75) is 33.4 Å². The Morgan fingerprint density at radius 1 is 1.38 bits per heavy atom. The molecule has 138 valence electrons. The van der Waals surface area contributed by atoms with Crippen molar-refractivity contribution in [3.8, 4) is 11.5 Å². The van der Waals surface area contributed by atoms with Gasteiger partial charge in [-0.25, -0.2) is 0 Å². The molecule has 0 radical (unpaired) electrons. The van der Waals surface area contributed by atoms with Crippen LogP contribution in [0.25, 0.3) is 6.08 Å². The van der Waals surface area contributed by atoms with Crippen molar-refractivity contribution in [2.24, 2.45) is 0 Å². The molecule has 1 N–H and O–H groups in total. The van der Waals surface area contributed by atoms with Gasteiger partial charge in [-0.15, -0.1) is 0 Å². The van der Waals surface area contributed by atoms with Crippen LogP contribution < -0.4 is 14.8 Å². The highest BCUT2D eigenvalue weighted by Gasteiger charge is 2.12. The first kappa shape index (κ1) is 19.8. The van der Waals surface area contributed by atoms with E-state index < -0.39 is 0 Å². The van der Waals surface area contributed by atoms with Gasteiger partial charge in [0.05, 0.1) is 30.5 Å². The van der Waals surface area contributed by atoms with Gasteiger partial charge in [0, 0.05) is 12.3 Å². The molecule has 0 saturated heterocycles. The lowest BCUT2D eigenvalue weighted by Gasteiger charge is -2.15. The first-order valence-electron chi connectivity index (χ1n) is 8.31. The molecular weight excluding hydrogens is 352 g/mol. The predicted octanol–water partition coefficient (Wildman–Crippen LogP) is 4.17. The molecule has 2 rings (SSSR count). The molecule has 0 aliphatic heterocycles. The van der Waals surface area contributed by atoms with Crippen LogP contribution in [-0.2, 0) is 11.3 Å². The van der Waals surface area contributed by atoms with Crippen LogP contribution in [0.3, 0.4) is 0 Å². The summed E-state index contributed by atoms with van der Waals surface area (Å²) >= 11 is 6.28. The number of nitrogens with one attached hydrogen (secondary N) is 1. The third kappa shape index (κ3) is 5.49. The number of hydrogen-bond donors (Lipinski definition) is 1. The van der Waals surface area contributed by atoms with Crippen LogP contribution in [0.15, 0.2) is 36.5 Å². The van der Waals surface area contributed by atoms with Gasteiger partial charge in [-0.05, 0) is 56.2 Å². The molecule has 1 amide bonds. The van der Waals surface area contributed by atoms with E-state index in [1.54, 1.807) is 31.5 Å². The third-order valence-electron chi connectivity index (χ3n) is 3.58. The molecule has 0 spiro atoms. The maximum absolute atomic E-state index is 12.0. The topological polar surface area (TPSA) is 60.5 Å². The zero-order valence-electron chi connectivity index (χ0n) is 15.4. The Bertz CT molecular complexity index is 804. The van der Waals surface area contributed by atoms with E-state index in [0.29, 0.717) is 23.1 Å². The fourth-order valence-corrected chi connectivity index (χ4v) is 2.55. The molecule has 0 bridgehead atoms. The SMILES string of the molecule is COc1cc(/C=C/C(=O)NCc2ncccc2C)cc(Cl)c1OC(C)C. The second-order valence-corrected chi connectivity index (χ2v) is 6.43. The van der Waals surface area contributed by atoms with Crippen molar-refractivity contribution in [1.82, 2.24) is 10.3 Å². The third-order valence-corrected chi connectivity index (χ3v) is 3.86. The van der Waals surface area contributed by atoms with E-state index in [9.17, 15) is 4.79 Å². The number of rotatable bonds is 7. The number of carbonyl (C=O) groups is 1. The van der Waals surface area contributed by atoms with Crippen molar-refractivity contribution in [3.05, 3.63) is 58.4 Å². The Balaban J connectivity index is 2.06. The van der Waals surface area contributed by atoms with Gasteiger partial charge in [-0.3, -0.25) is 9.78 Å². The fraction of sp³-hybridized carbons (Fsp3) is 0.300. The Labute approximate surface area is 159 Å². The number of amides is 1. The summed E-state index contributed by atoms with van der Waals surface area (Å²) in [5.41, 5.74) is 2.62. The summed E-state index contributed by atoms with van der Waals surface area (Å²) < 4.78 is 11.0. The van der Waals surface area contributed by atoms with Crippen LogP contribution in [-0.4, -0.2) is 24.1 Å². The first-order valence-corrected chi connectivity index (χ1v) is 8.69. The van der Waals surface area contributed by atoms with Gasteiger partial charge in [-0.2, -0.15) is 0 Å². The van der Waals surface area contributed by atoms with Gasteiger partial charge in [0.25, 0.3) is 0 Å². The predicted molar refractivity (Wildman–Crippen MR) is 104 cm³/mol. The molecule has 2 aromatic rings. The number of benzene rings is 1. The molecule has 1 aromatic heterocycles. The van der Waals surface area contributed by atoms with E-state index in [1.165, 1.54) is 6.08 Å². The Hall–Kier alpha value is -2.53. The number of methoxy groups -OCH3 is 1. The van der Waals surface area contributed by atoms with Gasteiger partial charge in [0.15, 0.2) is 11.5 Å². The van der Waals surface area contributed by atoms with Gasteiger partial charge in [-0.1, -0.05) is 17.7 Å².